The highest BCUT2D eigenvalue weighted by Gasteiger charge is 2.26. The molecule has 0 spiro atoms. The zero-order valence-corrected chi connectivity index (χ0v) is 12.2. The van der Waals surface area contributed by atoms with Crippen LogP contribution < -0.4 is 5.32 Å². The fourth-order valence-electron chi connectivity index (χ4n) is 2.58. The number of carbonyl (C=O) groups excluding carboxylic acids is 1. The van der Waals surface area contributed by atoms with Crippen LogP contribution in [0.5, 0.6) is 0 Å². The molecule has 1 aliphatic carbocycles. The van der Waals surface area contributed by atoms with Crippen molar-refractivity contribution in [1.82, 2.24) is 15.1 Å². The first-order valence-electron chi connectivity index (χ1n) is 7.07. The quantitative estimate of drug-likeness (QED) is 0.845. The SMILES string of the molecule is CO[C@@H]1CCCC[C@H]1NC(=O)COCc1ccnn1C. The Morgan fingerprint density at radius 1 is 1.50 bits per heavy atom. The maximum absolute atomic E-state index is 11.9. The van der Waals surface area contributed by atoms with Crippen molar-refractivity contribution >= 4 is 5.91 Å². The van der Waals surface area contributed by atoms with E-state index in [1.165, 1.54) is 6.42 Å². The molecule has 1 N–H and O–H groups in total. The summed E-state index contributed by atoms with van der Waals surface area (Å²) in [6.45, 7) is 0.459. The van der Waals surface area contributed by atoms with Gasteiger partial charge >= 0.3 is 0 Å². The summed E-state index contributed by atoms with van der Waals surface area (Å²) < 4.78 is 12.6. The van der Waals surface area contributed by atoms with Crippen molar-refractivity contribution in [1.29, 1.82) is 0 Å². The molecule has 6 nitrogen and oxygen atoms in total. The Morgan fingerprint density at radius 2 is 2.30 bits per heavy atom. The summed E-state index contributed by atoms with van der Waals surface area (Å²) in [6, 6.07) is 1.99. The van der Waals surface area contributed by atoms with Gasteiger partial charge in [0.1, 0.15) is 6.61 Å². The van der Waals surface area contributed by atoms with Crippen LogP contribution in [0.3, 0.4) is 0 Å². The Labute approximate surface area is 119 Å². The maximum atomic E-state index is 11.9. The standard InChI is InChI=1S/C14H23N3O3/c1-17-11(7-8-15-17)9-20-10-14(18)16-12-5-3-4-6-13(12)19-2/h7-8,12-13H,3-6,9-10H2,1-2H3,(H,16,18)/t12-,13-/m1/s1. The topological polar surface area (TPSA) is 65.4 Å². The maximum Gasteiger partial charge on any atom is 0.246 e. The van der Waals surface area contributed by atoms with Crippen LogP contribution in [-0.4, -0.2) is 41.6 Å². The minimum Gasteiger partial charge on any atom is -0.379 e. The van der Waals surface area contributed by atoms with Gasteiger partial charge in [-0.1, -0.05) is 12.8 Å². The number of carbonyl (C=O) groups is 1. The van der Waals surface area contributed by atoms with Crippen LogP contribution in [0.2, 0.25) is 0 Å². The molecule has 1 aromatic rings. The molecule has 0 aliphatic heterocycles. The molecule has 1 saturated carbocycles. The zero-order valence-electron chi connectivity index (χ0n) is 12.2. The predicted octanol–water partition coefficient (Wildman–Crippen LogP) is 1.01. The smallest absolute Gasteiger partial charge is 0.246 e. The van der Waals surface area contributed by atoms with Crippen LogP contribution in [0.1, 0.15) is 31.4 Å². The first-order valence-corrected chi connectivity index (χ1v) is 7.07. The van der Waals surface area contributed by atoms with Gasteiger partial charge in [0.05, 0.1) is 24.4 Å². The van der Waals surface area contributed by atoms with Gasteiger partial charge in [-0.3, -0.25) is 9.48 Å². The van der Waals surface area contributed by atoms with E-state index in [4.69, 9.17) is 9.47 Å². The van der Waals surface area contributed by atoms with Crippen molar-refractivity contribution in [2.24, 2.45) is 7.05 Å². The molecule has 0 unspecified atom stereocenters. The second-order valence-electron chi connectivity index (χ2n) is 5.17. The van der Waals surface area contributed by atoms with Crippen LogP contribution in [0.25, 0.3) is 0 Å². The normalized spacial score (nSPS) is 22.7. The van der Waals surface area contributed by atoms with E-state index in [-0.39, 0.29) is 24.7 Å². The van der Waals surface area contributed by atoms with E-state index in [1.54, 1.807) is 18.0 Å². The number of amides is 1. The third kappa shape index (κ3) is 4.05. The van der Waals surface area contributed by atoms with E-state index in [9.17, 15) is 4.79 Å². The summed E-state index contributed by atoms with van der Waals surface area (Å²) in [5.74, 6) is -0.0823. The predicted molar refractivity (Wildman–Crippen MR) is 74.1 cm³/mol. The Balaban J connectivity index is 1.71. The van der Waals surface area contributed by atoms with Gasteiger partial charge in [-0.05, 0) is 18.9 Å². The lowest BCUT2D eigenvalue weighted by Gasteiger charge is -2.30. The summed E-state index contributed by atoms with van der Waals surface area (Å²) in [5.41, 5.74) is 0.949. The molecular weight excluding hydrogens is 258 g/mol. The molecule has 20 heavy (non-hydrogen) atoms. The van der Waals surface area contributed by atoms with Crippen molar-refractivity contribution in [3.8, 4) is 0 Å². The second-order valence-corrected chi connectivity index (χ2v) is 5.17. The van der Waals surface area contributed by atoms with Crippen LogP contribution in [0, 0.1) is 0 Å². The van der Waals surface area contributed by atoms with E-state index in [1.807, 2.05) is 13.1 Å². The van der Waals surface area contributed by atoms with E-state index in [0.29, 0.717) is 6.61 Å². The summed E-state index contributed by atoms with van der Waals surface area (Å²) in [4.78, 5) is 11.9. The molecule has 1 heterocycles. The average molecular weight is 281 g/mol. The number of ether oxygens (including phenoxy) is 2. The number of methoxy groups -OCH3 is 1. The molecule has 0 saturated heterocycles. The Bertz CT molecular complexity index is 433. The molecule has 1 aliphatic rings. The molecule has 6 heteroatoms. The number of aromatic nitrogens is 2. The van der Waals surface area contributed by atoms with Gasteiger partial charge in [-0.25, -0.2) is 0 Å². The molecule has 0 radical (unpaired) electrons. The Kier molecular flexibility index (Phi) is 5.55. The number of aryl methyl sites for hydroxylation is 1. The van der Waals surface area contributed by atoms with Gasteiger partial charge in [0.15, 0.2) is 0 Å². The third-order valence-electron chi connectivity index (χ3n) is 3.76. The molecule has 2 rings (SSSR count). The number of rotatable bonds is 6. The monoisotopic (exact) mass is 281 g/mol. The van der Waals surface area contributed by atoms with E-state index in [2.05, 4.69) is 10.4 Å². The Morgan fingerprint density at radius 3 is 3.00 bits per heavy atom. The summed E-state index contributed by atoms with van der Waals surface area (Å²) in [7, 11) is 3.55. The number of nitrogens with one attached hydrogen (secondary N) is 1. The molecule has 1 amide bonds. The molecule has 0 aromatic carbocycles. The van der Waals surface area contributed by atoms with Gasteiger partial charge in [-0.15, -0.1) is 0 Å². The minimum atomic E-state index is -0.0823. The molecular formula is C14H23N3O3. The highest BCUT2D eigenvalue weighted by atomic mass is 16.5. The fourth-order valence-corrected chi connectivity index (χ4v) is 2.58. The van der Waals surface area contributed by atoms with Crippen LogP contribution in [0.15, 0.2) is 12.3 Å². The molecule has 112 valence electrons. The first-order chi connectivity index (χ1) is 9.70. The summed E-state index contributed by atoms with van der Waals surface area (Å²) in [5, 5.41) is 7.05. The first kappa shape index (κ1) is 15.0. The number of hydrogen-bond acceptors (Lipinski definition) is 4. The summed E-state index contributed by atoms with van der Waals surface area (Å²) in [6.07, 6.45) is 6.14. The lowest BCUT2D eigenvalue weighted by molar-refractivity contribution is -0.128. The van der Waals surface area contributed by atoms with Gasteiger partial charge in [-0.2, -0.15) is 5.10 Å². The zero-order chi connectivity index (χ0) is 14.4. The fraction of sp³-hybridized carbons (Fsp3) is 0.714. The van der Waals surface area contributed by atoms with Crippen LogP contribution in [0.4, 0.5) is 0 Å². The van der Waals surface area contributed by atoms with Crippen molar-refractivity contribution in [2.45, 2.75) is 44.4 Å². The van der Waals surface area contributed by atoms with Crippen molar-refractivity contribution in [3.05, 3.63) is 18.0 Å². The van der Waals surface area contributed by atoms with Crippen molar-refractivity contribution in [2.75, 3.05) is 13.7 Å². The third-order valence-corrected chi connectivity index (χ3v) is 3.76. The van der Waals surface area contributed by atoms with Gasteiger partial charge in [0.25, 0.3) is 0 Å². The van der Waals surface area contributed by atoms with E-state index < -0.39 is 0 Å². The average Bonchev–Trinajstić information content (AvgIpc) is 2.85. The molecule has 1 fully saturated rings. The van der Waals surface area contributed by atoms with Crippen molar-refractivity contribution < 1.29 is 14.3 Å². The molecule has 0 bridgehead atoms. The number of nitrogens with zero attached hydrogens (tertiary/aromatic N) is 2. The van der Waals surface area contributed by atoms with Crippen LogP contribution >= 0.6 is 0 Å². The molecule has 2 atom stereocenters. The highest BCUT2D eigenvalue weighted by molar-refractivity contribution is 5.77. The largest absolute Gasteiger partial charge is 0.379 e. The van der Waals surface area contributed by atoms with Gasteiger partial charge < -0.3 is 14.8 Å². The lowest BCUT2D eigenvalue weighted by atomic mass is 9.92. The van der Waals surface area contributed by atoms with Crippen LogP contribution in [-0.2, 0) is 27.9 Å². The van der Waals surface area contributed by atoms with Crippen molar-refractivity contribution in [3.63, 3.8) is 0 Å². The van der Waals surface area contributed by atoms with Gasteiger partial charge in [0, 0.05) is 20.4 Å². The molecule has 1 aromatic heterocycles. The highest BCUT2D eigenvalue weighted by Crippen LogP contribution is 2.20. The number of hydrogen-bond donors (Lipinski definition) is 1. The van der Waals surface area contributed by atoms with Gasteiger partial charge in [0.2, 0.25) is 5.91 Å². The second kappa shape index (κ2) is 7.40. The summed E-state index contributed by atoms with van der Waals surface area (Å²) >= 11 is 0. The minimum absolute atomic E-state index is 0.0676. The van der Waals surface area contributed by atoms with E-state index >= 15 is 0 Å². The van der Waals surface area contributed by atoms with E-state index in [0.717, 1.165) is 25.0 Å². The lowest BCUT2D eigenvalue weighted by Crippen LogP contribution is -2.47. The Hall–Kier alpha value is -1.40.